The van der Waals surface area contributed by atoms with Gasteiger partial charge in [-0.15, -0.1) is 0 Å². The third-order valence-electron chi connectivity index (χ3n) is 4.00. The average molecular weight is 314 g/mol. The van der Waals surface area contributed by atoms with E-state index >= 15 is 0 Å². The van der Waals surface area contributed by atoms with E-state index in [4.69, 9.17) is 4.42 Å². The summed E-state index contributed by atoms with van der Waals surface area (Å²) in [5.74, 6) is 2.00. The topological polar surface area (TPSA) is 71.3 Å². The second-order valence-corrected chi connectivity index (χ2v) is 6.00. The molecule has 2 aromatic rings. The van der Waals surface area contributed by atoms with Crippen LogP contribution in [0.5, 0.6) is 0 Å². The smallest absolute Gasteiger partial charge is 0.255 e. The van der Waals surface area contributed by atoms with E-state index in [9.17, 15) is 4.79 Å². The molecule has 1 amide bonds. The lowest BCUT2D eigenvalue weighted by molar-refractivity contribution is 0.0949. The van der Waals surface area contributed by atoms with E-state index in [0.29, 0.717) is 17.9 Å². The van der Waals surface area contributed by atoms with Gasteiger partial charge in [-0.25, -0.2) is 9.97 Å². The van der Waals surface area contributed by atoms with Crippen molar-refractivity contribution in [2.24, 2.45) is 0 Å². The quantitative estimate of drug-likeness (QED) is 0.939. The lowest BCUT2D eigenvalue weighted by Gasteiger charge is -2.16. The Morgan fingerprint density at radius 1 is 1.22 bits per heavy atom. The number of amides is 1. The first-order valence-corrected chi connectivity index (χ1v) is 7.97. The molecule has 1 saturated heterocycles. The molecule has 0 atom stereocenters. The molecule has 0 bridgehead atoms. The van der Waals surface area contributed by atoms with Crippen molar-refractivity contribution in [2.45, 2.75) is 40.2 Å². The molecular weight excluding hydrogens is 292 g/mol. The summed E-state index contributed by atoms with van der Waals surface area (Å²) in [6.07, 6.45) is 2.37. The average Bonchev–Trinajstić information content (AvgIpc) is 3.14. The molecule has 1 fully saturated rings. The van der Waals surface area contributed by atoms with Crippen molar-refractivity contribution in [3.63, 3.8) is 0 Å². The molecular formula is C17H22N4O2. The van der Waals surface area contributed by atoms with Crippen molar-refractivity contribution in [1.29, 1.82) is 0 Å². The van der Waals surface area contributed by atoms with Gasteiger partial charge in [-0.05, 0) is 45.7 Å². The Hall–Kier alpha value is -2.37. The minimum Gasteiger partial charge on any atom is -0.466 e. The van der Waals surface area contributed by atoms with Crippen molar-refractivity contribution < 1.29 is 9.21 Å². The molecule has 0 radical (unpaired) electrons. The van der Waals surface area contributed by atoms with Crippen molar-refractivity contribution in [3.05, 3.63) is 40.6 Å². The molecule has 0 aliphatic carbocycles. The van der Waals surface area contributed by atoms with Gasteiger partial charge >= 0.3 is 0 Å². The molecule has 0 saturated carbocycles. The van der Waals surface area contributed by atoms with Gasteiger partial charge in [0.2, 0.25) is 5.95 Å². The summed E-state index contributed by atoms with van der Waals surface area (Å²) in [5.41, 5.74) is 2.32. The fourth-order valence-electron chi connectivity index (χ4n) is 2.89. The van der Waals surface area contributed by atoms with Crippen LogP contribution in [0.1, 0.15) is 46.1 Å². The minimum atomic E-state index is -0.140. The number of nitrogens with one attached hydrogen (secondary N) is 1. The molecule has 1 aliphatic rings. The zero-order valence-corrected chi connectivity index (χ0v) is 13.8. The van der Waals surface area contributed by atoms with E-state index in [-0.39, 0.29) is 5.91 Å². The van der Waals surface area contributed by atoms with Gasteiger partial charge in [0, 0.05) is 18.8 Å². The molecule has 6 heteroatoms. The number of aryl methyl sites for hydroxylation is 3. The Morgan fingerprint density at radius 3 is 2.61 bits per heavy atom. The molecule has 3 rings (SSSR count). The summed E-state index contributed by atoms with van der Waals surface area (Å²) in [6, 6.07) is 3.67. The van der Waals surface area contributed by atoms with Gasteiger partial charge in [-0.3, -0.25) is 4.79 Å². The molecule has 6 nitrogen and oxygen atoms in total. The van der Waals surface area contributed by atoms with E-state index < -0.39 is 0 Å². The number of aromatic nitrogens is 2. The fourth-order valence-corrected chi connectivity index (χ4v) is 2.89. The van der Waals surface area contributed by atoms with E-state index in [1.807, 2.05) is 19.9 Å². The van der Waals surface area contributed by atoms with Gasteiger partial charge in [-0.2, -0.15) is 0 Å². The Morgan fingerprint density at radius 2 is 1.96 bits per heavy atom. The summed E-state index contributed by atoms with van der Waals surface area (Å²) in [6.45, 7) is 7.97. The Balaban J connectivity index is 1.70. The highest BCUT2D eigenvalue weighted by atomic mass is 16.3. The lowest BCUT2D eigenvalue weighted by atomic mass is 10.2. The summed E-state index contributed by atoms with van der Waals surface area (Å²) >= 11 is 0. The second kappa shape index (κ2) is 6.40. The molecule has 23 heavy (non-hydrogen) atoms. The van der Waals surface area contributed by atoms with Gasteiger partial charge < -0.3 is 14.6 Å². The molecule has 122 valence electrons. The highest BCUT2D eigenvalue weighted by Gasteiger charge is 2.17. The standard InChI is InChI=1S/C17H22N4O2/c1-11-8-14(20-17(19-11)21-6-4-5-7-21)10-18-16(22)15-9-12(2)23-13(15)3/h8-9H,4-7,10H2,1-3H3,(H,18,22). The predicted octanol–water partition coefficient (Wildman–Crippen LogP) is 2.53. The second-order valence-electron chi connectivity index (χ2n) is 6.00. The first-order valence-electron chi connectivity index (χ1n) is 7.97. The summed E-state index contributed by atoms with van der Waals surface area (Å²) < 4.78 is 5.40. The van der Waals surface area contributed by atoms with Crippen molar-refractivity contribution in [1.82, 2.24) is 15.3 Å². The van der Waals surface area contributed by atoms with Gasteiger partial charge in [0.15, 0.2) is 0 Å². The van der Waals surface area contributed by atoms with Crippen LogP contribution in [0, 0.1) is 20.8 Å². The van der Waals surface area contributed by atoms with Crippen LogP contribution in [0.25, 0.3) is 0 Å². The number of rotatable bonds is 4. The first kappa shape index (κ1) is 15.5. The Kier molecular flexibility index (Phi) is 4.32. The molecule has 3 heterocycles. The van der Waals surface area contributed by atoms with Crippen LogP contribution in [0.4, 0.5) is 5.95 Å². The maximum absolute atomic E-state index is 12.3. The Bertz CT molecular complexity index is 717. The van der Waals surface area contributed by atoms with Gasteiger partial charge in [-0.1, -0.05) is 0 Å². The van der Waals surface area contributed by atoms with Gasteiger partial charge in [0.25, 0.3) is 5.91 Å². The van der Waals surface area contributed by atoms with E-state index in [2.05, 4.69) is 20.2 Å². The number of hydrogen-bond acceptors (Lipinski definition) is 5. The maximum Gasteiger partial charge on any atom is 0.255 e. The first-order chi connectivity index (χ1) is 11.0. The van der Waals surface area contributed by atoms with Crippen LogP contribution in [-0.2, 0) is 6.54 Å². The van der Waals surface area contributed by atoms with Crippen LogP contribution in [0.2, 0.25) is 0 Å². The van der Waals surface area contributed by atoms with E-state index in [0.717, 1.165) is 36.2 Å². The number of carbonyl (C=O) groups excluding carboxylic acids is 1. The van der Waals surface area contributed by atoms with Gasteiger partial charge in [0.05, 0.1) is 17.8 Å². The summed E-state index contributed by atoms with van der Waals surface area (Å²) in [4.78, 5) is 23.5. The van der Waals surface area contributed by atoms with Gasteiger partial charge in [0.1, 0.15) is 11.5 Å². The molecule has 0 aromatic carbocycles. The predicted molar refractivity (Wildman–Crippen MR) is 87.6 cm³/mol. The van der Waals surface area contributed by atoms with Crippen molar-refractivity contribution >= 4 is 11.9 Å². The number of hydrogen-bond donors (Lipinski definition) is 1. The number of carbonyl (C=O) groups is 1. The summed E-state index contributed by atoms with van der Waals surface area (Å²) in [5, 5.41) is 2.91. The molecule has 0 unspecified atom stereocenters. The van der Waals surface area contributed by atoms with Crippen LogP contribution in [-0.4, -0.2) is 29.0 Å². The largest absolute Gasteiger partial charge is 0.466 e. The maximum atomic E-state index is 12.3. The van der Waals surface area contributed by atoms with Crippen molar-refractivity contribution in [2.75, 3.05) is 18.0 Å². The van der Waals surface area contributed by atoms with Crippen LogP contribution in [0.15, 0.2) is 16.5 Å². The van der Waals surface area contributed by atoms with E-state index in [1.54, 1.807) is 13.0 Å². The molecule has 2 aromatic heterocycles. The zero-order chi connectivity index (χ0) is 16.4. The van der Waals surface area contributed by atoms with E-state index in [1.165, 1.54) is 12.8 Å². The lowest BCUT2D eigenvalue weighted by Crippen LogP contribution is -2.25. The SMILES string of the molecule is Cc1cc(CNC(=O)c2cc(C)oc2C)nc(N2CCCC2)n1. The number of furan rings is 1. The van der Waals surface area contributed by atoms with Crippen LogP contribution >= 0.6 is 0 Å². The molecule has 1 N–H and O–H groups in total. The third kappa shape index (κ3) is 3.52. The zero-order valence-electron chi connectivity index (χ0n) is 13.8. The normalized spacial score (nSPS) is 14.3. The van der Waals surface area contributed by atoms with Crippen LogP contribution < -0.4 is 10.2 Å². The summed E-state index contributed by atoms with van der Waals surface area (Å²) in [7, 11) is 0. The fraction of sp³-hybridized carbons (Fsp3) is 0.471. The number of anilines is 1. The third-order valence-corrected chi connectivity index (χ3v) is 4.00. The molecule has 0 spiro atoms. The minimum absolute atomic E-state index is 0.140. The van der Waals surface area contributed by atoms with Crippen LogP contribution in [0.3, 0.4) is 0 Å². The van der Waals surface area contributed by atoms with Crippen molar-refractivity contribution in [3.8, 4) is 0 Å². The number of nitrogens with zero attached hydrogens (tertiary/aromatic N) is 3. The molecule has 1 aliphatic heterocycles. The highest BCUT2D eigenvalue weighted by Crippen LogP contribution is 2.17. The monoisotopic (exact) mass is 314 g/mol. The highest BCUT2D eigenvalue weighted by molar-refractivity contribution is 5.95. The Labute approximate surface area is 135 Å².